The molecule has 1 aromatic carbocycles. The van der Waals surface area contributed by atoms with E-state index < -0.39 is 17.3 Å². The van der Waals surface area contributed by atoms with E-state index in [0.29, 0.717) is 5.56 Å². The average Bonchev–Trinajstić information content (AvgIpc) is 2.35. The fourth-order valence-corrected chi connectivity index (χ4v) is 1.60. The van der Waals surface area contributed by atoms with Gasteiger partial charge in [0.2, 0.25) is 0 Å². The SMILES string of the molecule is N#CC(c1ccccc1)n1c(=O)cc[nH]c1=O. The second-order valence-corrected chi connectivity index (χ2v) is 3.43. The zero-order valence-electron chi connectivity index (χ0n) is 8.83. The monoisotopic (exact) mass is 227 g/mol. The molecule has 0 spiro atoms. The predicted molar refractivity (Wildman–Crippen MR) is 61.5 cm³/mol. The first-order chi connectivity index (χ1) is 8.24. The molecule has 0 aliphatic carbocycles. The van der Waals surface area contributed by atoms with Crippen LogP contribution >= 0.6 is 0 Å². The fourth-order valence-electron chi connectivity index (χ4n) is 1.60. The lowest BCUT2D eigenvalue weighted by atomic mass is 10.1. The van der Waals surface area contributed by atoms with E-state index in [2.05, 4.69) is 4.98 Å². The Morgan fingerprint density at radius 3 is 2.47 bits per heavy atom. The van der Waals surface area contributed by atoms with E-state index in [1.165, 1.54) is 12.3 Å². The Labute approximate surface area is 96.6 Å². The van der Waals surface area contributed by atoms with Gasteiger partial charge in [-0.1, -0.05) is 30.3 Å². The maximum Gasteiger partial charge on any atom is 0.329 e. The van der Waals surface area contributed by atoms with Crippen LogP contribution in [0.5, 0.6) is 0 Å². The highest BCUT2D eigenvalue weighted by molar-refractivity contribution is 5.25. The highest BCUT2D eigenvalue weighted by atomic mass is 16.2. The molecule has 0 saturated heterocycles. The van der Waals surface area contributed by atoms with Gasteiger partial charge in [-0.15, -0.1) is 0 Å². The standard InChI is InChI=1S/C12H9N3O2/c13-8-10(9-4-2-1-3-5-9)15-11(16)6-7-14-12(15)17/h1-7,10H,(H,14,17). The number of nitrogens with zero attached hydrogens (tertiary/aromatic N) is 2. The Balaban J connectivity index is 2.64. The van der Waals surface area contributed by atoms with Crippen LogP contribution in [0.3, 0.4) is 0 Å². The van der Waals surface area contributed by atoms with Crippen molar-refractivity contribution in [1.82, 2.24) is 9.55 Å². The van der Waals surface area contributed by atoms with E-state index in [4.69, 9.17) is 5.26 Å². The van der Waals surface area contributed by atoms with Crippen molar-refractivity contribution in [2.45, 2.75) is 6.04 Å². The van der Waals surface area contributed by atoms with E-state index >= 15 is 0 Å². The van der Waals surface area contributed by atoms with E-state index in [0.717, 1.165) is 4.57 Å². The third-order valence-electron chi connectivity index (χ3n) is 2.38. The third-order valence-corrected chi connectivity index (χ3v) is 2.38. The van der Waals surface area contributed by atoms with Crippen molar-refractivity contribution in [1.29, 1.82) is 5.26 Å². The van der Waals surface area contributed by atoms with Gasteiger partial charge in [0, 0.05) is 12.3 Å². The van der Waals surface area contributed by atoms with Gasteiger partial charge in [-0.2, -0.15) is 5.26 Å². The number of rotatable bonds is 2. The smallest absolute Gasteiger partial charge is 0.314 e. The first-order valence-corrected chi connectivity index (χ1v) is 4.99. The second-order valence-electron chi connectivity index (χ2n) is 3.43. The number of hydrogen-bond acceptors (Lipinski definition) is 3. The lowest BCUT2D eigenvalue weighted by molar-refractivity contribution is 0.634. The van der Waals surface area contributed by atoms with Gasteiger partial charge in [-0.05, 0) is 5.56 Å². The molecule has 1 atom stereocenters. The van der Waals surface area contributed by atoms with Gasteiger partial charge in [-0.25, -0.2) is 9.36 Å². The van der Waals surface area contributed by atoms with Gasteiger partial charge in [0.1, 0.15) is 0 Å². The number of aromatic amines is 1. The molecule has 5 heteroatoms. The Morgan fingerprint density at radius 1 is 1.18 bits per heavy atom. The number of hydrogen-bond donors (Lipinski definition) is 1. The van der Waals surface area contributed by atoms with Gasteiger partial charge < -0.3 is 4.98 Å². The van der Waals surface area contributed by atoms with Crippen LogP contribution in [0.25, 0.3) is 0 Å². The van der Waals surface area contributed by atoms with Gasteiger partial charge in [-0.3, -0.25) is 4.79 Å². The maximum atomic E-state index is 11.6. The summed E-state index contributed by atoms with van der Waals surface area (Å²) >= 11 is 0. The Bertz CT molecular complexity index is 636. The topological polar surface area (TPSA) is 78.7 Å². The molecular weight excluding hydrogens is 218 g/mol. The van der Waals surface area contributed by atoms with Crippen LogP contribution < -0.4 is 11.2 Å². The molecule has 5 nitrogen and oxygen atoms in total. The fraction of sp³-hybridized carbons (Fsp3) is 0.0833. The maximum absolute atomic E-state index is 11.6. The van der Waals surface area contributed by atoms with Crippen molar-refractivity contribution < 1.29 is 0 Å². The molecular formula is C12H9N3O2. The molecule has 0 saturated carbocycles. The molecule has 2 rings (SSSR count). The van der Waals surface area contributed by atoms with Gasteiger partial charge in [0.05, 0.1) is 6.07 Å². The highest BCUT2D eigenvalue weighted by Gasteiger charge is 2.15. The minimum absolute atomic E-state index is 0.496. The van der Waals surface area contributed by atoms with Crippen LogP contribution in [0.2, 0.25) is 0 Å². The summed E-state index contributed by atoms with van der Waals surface area (Å²) in [6.45, 7) is 0. The predicted octanol–water partition coefficient (Wildman–Crippen LogP) is 0.650. The zero-order valence-corrected chi connectivity index (χ0v) is 8.83. The number of benzene rings is 1. The van der Waals surface area contributed by atoms with E-state index in [1.807, 2.05) is 6.07 Å². The number of nitriles is 1. The molecule has 0 aliphatic heterocycles. The van der Waals surface area contributed by atoms with Crippen molar-refractivity contribution in [3.8, 4) is 6.07 Å². The van der Waals surface area contributed by atoms with E-state index in [1.54, 1.807) is 30.3 Å². The molecule has 0 amide bonds. The van der Waals surface area contributed by atoms with Crippen LogP contribution in [0.1, 0.15) is 11.6 Å². The summed E-state index contributed by atoms with van der Waals surface area (Å²) in [5.74, 6) is 0. The van der Waals surface area contributed by atoms with Crippen molar-refractivity contribution in [2.75, 3.05) is 0 Å². The molecule has 2 aromatic rings. The van der Waals surface area contributed by atoms with Crippen LogP contribution in [0, 0.1) is 11.3 Å². The number of aromatic nitrogens is 2. The lowest BCUT2D eigenvalue weighted by Crippen LogP contribution is -2.37. The minimum atomic E-state index is -0.909. The van der Waals surface area contributed by atoms with Gasteiger partial charge in [0.25, 0.3) is 5.56 Å². The molecule has 0 fully saturated rings. The van der Waals surface area contributed by atoms with Crippen molar-refractivity contribution in [3.05, 3.63) is 69.0 Å². The van der Waals surface area contributed by atoms with Gasteiger partial charge >= 0.3 is 5.69 Å². The van der Waals surface area contributed by atoms with E-state index in [-0.39, 0.29) is 0 Å². The zero-order chi connectivity index (χ0) is 12.3. The molecule has 0 aliphatic rings. The summed E-state index contributed by atoms with van der Waals surface area (Å²) in [4.78, 5) is 25.6. The molecule has 1 aromatic heterocycles. The first kappa shape index (κ1) is 10.9. The summed E-state index contributed by atoms with van der Waals surface area (Å²) < 4.78 is 0.898. The van der Waals surface area contributed by atoms with Crippen molar-refractivity contribution >= 4 is 0 Å². The Kier molecular flexibility index (Phi) is 2.88. The Morgan fingerprint density at radius 2 is 1.88 bits per heavy atom. The van der Waals surface area contributed by atoms with Crippen molar-refractivity contribution in [2.24, 2.45) is 0 Å². The summed E-state index contributed by atoms with van der Waals surface area (Å²) in [5, 5.41) is 9.12. The quantitative estimate of drug-likeness (QED) is 0.818. The van der Waals surface area contributed by atoms with Crippen LogP contribution in [-0.4, -0.2) is 9.55 Å². The third kappa shape index (κ3) is 2.01. The summed E-state index contributed by atoms with van der Waals surface area (Å²) in [5.41, 5.74) is -0.481. The summed E-state index contributed by atoms with van der Waals surface area (Å²) in [7, 11) is 0. The molecule has 1 N–H and O–H groups in total. The van der Waals surface area contributed by atoms with Crippen LogP contribution in [0.4, 0.5) is 0 Å². The number of nitrogens with one attached hydrogen (secondary N) is 1. The molecule has 1 unspecified atom stereocenters. The molecule has 0 radical (unpaired) electrons. The van der Waals surface area contributed by atoms with E-state index in [9.17, 15) is 9.59 Å². The summed E-state index contributed by atoms with van der Waals surface area (Å²) in [6, 6.07) is 11.0. The second kappa shape index (κ2) is 4.49. The van der Waals surface area contributed by atoms with Crippen molar-refractivity contribution in [3.63, 3.8) is 0 Å². The average molecular weight is 227 g/mol. The first-order valence-electron chi connectivity index (χ1n) is 4.99. The molecule has 1 heterocycles. The molecule has 84 valence electrons. The molecule has 17 heavy (non-hydrogen) atoms. The lowest BCUT2D eigenvalue weighted by Gasteiger charge is -2.10. The Hall–Kier alpha value is -2.61. The summed E-state index contributed by atoms with van der Waals surface area (Å²) in [6.07, 6.45) is 1.26. The van der Waals surface area contributed by atoms with Gasteiger partial charge in [0.15, 0.2) is 6.04 Å². The number of H-pyrrole nitrogens is 1. The van der Waals surface area contributed by atoms with Crippen LogP contribution in [0.15, 0.2) is 52.2 Å². The highest BCUT2D eigenvalue weighted by Crippen LogP contribution is 2.13. The minimum Gasteiger partial charge on any atom is -0.314 e. The largest absolute Gasteiger partial charge is 0.329 e. The normalized spacial score (nSPS) is 11.7. The van der Waals surface area contributed by atoms with Crippen LogP contribution in [-0.2, 0) is 0 Å². The molecule has 0 bridgehead atoms.